The van der Waals surface area contributed by atoms with E-state index in [9.17, 15) is 10.1 Å². The molecule has 0 aliphatic rings. The van der Waals surface area contributed by atoms with Crippen LogP contribution in [0, 0.1) is 10.1 Å². The van der Waals surface area contributed by atoms with E-state index in [2.05, 4.69) is 4.98 Å². The summed E-state index contributed by atoms with van der Waals surface area (Å²) in [5.74, 6) is 0.699. The summed E-state index contributed by atoms with van der Waals surface area (Å²) in [7, 11) is 0. The van der Waals surface area contributed by atoms with Crippen LogP contribution in [0.15, 0.2) is 41.3 Å². The predicted octanol–water partition coefficient (Wildman–Crippen LogP) is 3.09. The number of nitrogen functional groups attached to an aromatic ring is 1. The molecule has 1 heterocycles. The molecule has 1 aromatic heterocycles. The standard InChI is InChI=1S/C12H11N3O3S/c1-19-10-5-3-2-4-9(10)18-11-7-6-8(15(16)17)12(13)14-11/h2-7H,1H3,(H2,13,14). The van der Waals surface area contributed by atoms with Crippen LogP contribution in [0.25, 0.3) is 0 Å². The number of aromatic nitrogens is 1. The van der Waals surface area contributed by atoms with E-state index in [0.29, 0.717) is 5.75 Å². The second kappa shape index (κ2) is 5.57. The first-order valence-corrected chi connectivity index (χ1v) is 6.56. The van der Waals surface area contributed by atoms with Gasteiger partial charge in [-0.2, -0.15) is 4.98 Å². The lowest BCUT2D eigenvalue weighted by atomic mass is 10.3. The summed E-state index contributed by atoms with van der Waals surface area (Å²) >= 11 is 1.53. The van der Waals surface area contributed by atoms with Gasteiger partial charge in [-0.1, -0.05) is 12.1 Å². The summed E-state index contributed by atoms with van der Waals surface area (Å²) in [6.07, 6.45) is 1.93. The smallest absolute Gasteiger partial charge is 0.311 e. The maximum Gasteiger partial charge on any atom is 0.311 e. The number of nitrogens with zero attached hydrogens (tertiary/aromatic N) is 2. The number of thioether (sulfide) groups is 1. The quantitative estimate of drug-likeness (QED) is 0.524. The SMILES string of the molecule is CSc1ccccc1Oc1ccc([N+](=O)[O-])c(N)n1. The van der Waals surface area contributed by atoms with Gasteiger partial charge in [0.15, 0.2) is 0 Å². The first kappa shape index (κ1) is 13.2. The number of para-hydroxylation sites is 1. The van der Waals surface area contributed by atoms with Crippen LogP contribution >= 0.6 is 11.8 Å². The van der Waals surface area contributed by atoms with E-state index in [1.807, 2.05) is 24.5 Å². The Bertz CT molecular complexity index is 619. The van der Waals surface area contributed by atoms with Gasteiger partial charge < -0.3 is 10.5 Å². The Morgan fingerprint density at radius 2 is 2.05 bits per heavy atom. The minimum Gasteiger partial charge on any atom is -0.438 e. The molecule has 98 valence electrons. The molecule has 0 aliphatic carbocycles. The van der Waals surface area contributed by atoms with Crippen LogP contribution in [0.2, 0.25) is 0 Å². The molecule has 0 bridgehead atoms. The zero-order valence-electron chi connectivity index (χ0n) is 10.1. The number of nitro groups is 1. The van der Waals surface area contributed by atoms with E-state index in [4.69, 9.17) is 10.5 Å². The average Bonchev–Trinajstić information content (AvgIpc) is 2.39. The summed E-state index contributed by atoms with van der Waals surface area (Å²) in [5, 5.41) is 10.6. The fourth-order valence-electron chi connectivity index (χ4n) is 1.48. The number of nitrogens with two attached hydrogens (primary N) is 1. The molecule has 0 aliphatic heterocycles. The highest BCUT2D eigenvalue weighted by molar-refractivity contribution is 7.98. The maximum atomic E-state index is 10.6. The van der Waals surface area contributed by atoms with Gasteiger partial charge in [-0.3, -0.25) is 10.1 Å². The van der Waals surface area contributed by atoms with E-state index in [0.717, 1.165) is 4.90 Å². The van der Waals surface area contributed by atoms with Crippen LogP contribution in [0.1, 0.15) is 0 Å². The van der Waals surface area contributed by atoms with Gasteiger partial charge in [-0.25, -0.2) is 0 Å². The lowest BCUT2D eigenvalue weighted by Gasteiger charge is -2.08. The molecule has 0 saturated heterocycles. The largest absolute Gasteiger partial charge is 0.438 e. The summed E-state index contributed by atoms with van der Waals surface area (Å²) in [5.41, 5.74) is 5.28. The van der Waals surface area contributed by atoms with Crippen molar-refractivity contribution in [3.63, 3.8) is 0 Å². The molecule has 1 aromatic carbocycles. The maximum absolute atomic E-state index is 10.6. The Balaban J connectivity index is 2.29. The van der Waals surface area contributed by atoms with Gasteiger partial charge in [-0.15, -0.1) is 11.8 Å². The number of pyridine rings is 1. The van der Waals surface area contributed by atoms with E-state index < -0.39 is 4.92 Å². The lowest BCUT2D eigenvalue weighted by molar-refractivity contribution is -0.384. The minimum absolute atomic E-state index is 0.163. The highest BCUT2D eigenvalue weighted by atomic mass is 32.2. The van der Waals surface area contributed by atoms with Gasteiger partial charge in [-0.05, 0) is 18.4 Å². The molecule has 0 spiro atoms. The number of anilines is 1. The van der Waals surface area contributed by atoms with Gasteiger partial charge in [0.05, 0.1) is 4.92 Å². The third-order valence-corrected chi connectivity index (χ3v) is 3.13. The molecular weight excluding hydrogens is 266 g/mol. The molecule has 19 heavy (non-hydrogen) atoms. The highest BCUT2D eigenvalue weighted by Gasteiger charge is 2.14. The van der Waals surface area contributed by atoms with Gasteiger partial charge in [0.25, 0.3) is 0 Å². The Morgan fingerprint density at radius 3 is 2.68 bits per heavy atom. The molecule has 2 N–H and O–H groups in total. The van der Waals surface area contributed by atoms with Gasteiger partial charge in [0, 0.05) is 17.0 Å². The molecular formula is C12H11N3O3S. The van der Waals surface area contributed by atoms with Crippen molar-refractivity contribution in [3.05, 3.63) is 46.5 Å². The van der Waals surface area contributed by atoms with Crippen molar-refractivity contribution in [2.45, 2.75) is 4.90 Å². The molecule has 2 rings (SSSR count). The molecule has 0 radical (unpaired) electrons. The monoisotopic (exact) mass is 277 g/mol. The molecule has 0 amide bonds. The zero-order chi connectivity index (χ0) is 13.8. The predicted molar refractivity (Wildman–Crippen MR) is 73.6 cm³/mol. The van der Waals surface area contributed by atoms with Crippen LogP contribution in [-0.2, 0) is 0 Å². The molecule has 0 atom stereocenters. The topological polar surface area (TPSA) is 91.3 Å². The number of hydrogen-bond acceptors (Lipinski definition) is 6. The van der Waals surface area contributed by atoms with Crippen molar-refractivity contribution in [3.8, 4) is 11.6 Å². The van der Waals surface area contributed by atoms with Crippen LogP contribution in [0.3, 0.4) is 0 Å². The summed E-state index contributed by atoms with van der Waals surface area (Å²) in [6, 6.07) is 10.1. The normalized spacial score (nSPS) is 10.2. The van der Waals surface area contributed by atoms with E-state index in [1.165, 1.54) is 23.9 Å². The van der Waals surface area contributed by atoms with Crippen LogP contribution in [0.4, 0.5) is 11.5 Å². The number of hydrogen-bond donors (Lipinski definition) is 1. The number of rotatable bonds is 4. The van der Waals surface area contributed by atoms with Crippen molar-refractivity contribution in [1.82, 2.24) is 4.98 Å². The van der Waals surface area contributed by atoms with E-state index in [-0.39, 0.29) is 17.4 Å². The van der Waals surface area contributed by atoms with Crippen molar-refractivity contribution in [1.29, 1.82) is 0 Å². The zero-order valence-corrected chi connectivity index (χ0v) is 10.9. The van der Waals surface area contributed by atoms with Gasteiger partial charge >= 0.3 is 5.69 Å². The molecule has 0 fully saturated rings. The van der Waals surface area contributed by atoms with Gasteiger partial charge in [0.1, 0.15) is 5.75 Å². The van der Waals surface area contributed by atoms with Crippen molar-refractivity contribution in [2.24, 2.45) is 0 Å². The van der Waals surface area contributed by atoms with Crippen molar-refractivity contribution >= 4 is 23.3 Å². The molecule has 2 aromatic rings. The number of benzene rings is 1. The minimum atomic E-state index is -0.581. The average molecular weight is 277 g/mol. The number of ether oxygens (including phenoxy) is 1. The third kappa shape index (κ3) is 2.94. The first-order chi connectivity index (χ1) is 9.11. The molecule has 6 nitrogen and oxygen atoms in total. The molecule has 0 unspecified atom stereocenters. The fourth-order valence-corrected chi connectivity index (χ4v) is 2.00. The third-order valence-electron chi connectivity index (χ3n) is 2.36. The first-order valence-electron chi connectivity index (χ1n) is 5.33. The summed E-state index contributed by atoms with van der Waals surface area (Å²) in [6.45, 7) is 0. The Morgan fingerprint density at radius 1 is 1.32 bits per heavy atom. The van der Waals surface area contributed by atoms with Gasteiger partial charge in [0.2, 0.25) is 11.7 Å². The van der Waals surface area contributed by atoms with Crippen LogP contribution in [0.5, 0.6) is 11.6 Å². The van der Waals surface area contributed by atoms with E-state index in [1.54, 1.807) is 6.07 Å². The second-order valence-corrected chi connectivity index (χ2v) is 4.41. The Hall–Kier alpha value is -2.28. The molecule has 7 heteroatoms. The highest BCUT2D eigenvalue weighted by Crippen LogP contribution is 2.31. The fraction of sp³-hybridized carbons (Fsp3) is 0.0833. The van der Waals surface area contributed by atoms with Crippen LogP contribution < -0.4 is 10.5 Å². The Kier molecular flexibility index (Phi) is 3.86. The van der Waals surface area contributed by atoms with E-state index >= 15 is 0 Å². The molecule has 0 saturated carbocycles. The second-order valence-electron chi connectivity index (χ2n) is 3.56. The lowest BCUT2D eigenvalue weighted by Crippen LogP contribution is -1.99. The Labute approximate surface area is 113 Å². The van der Waals surface area contributed by atoms with Crippen LogP contribution in [-0.4, -0.2) is 16.2 Å². The van der Waals surface area contributed by atoms with Crippen molar-refractivity contribution < 1.29 is 9.66 Å². The summed E-state index contributed by atoms with van der Waals surface area (Å²) < 4.78 is 5.58. The van der Waals surface area contributed by atoms with Crippen molar-refractivity contribution in [2.75, 3.05) is 12.0 Å². The summed E-state index contributed by atoms with van der Waals surface area (Å²) in [4.78, 5) is 14.9.